The maximum absolute atomic E-state index is 9.88. The lowest BCUT2D eigenvalue weighted by Crippen LogP contribution is -2.35. The third kappa shape index (κ3) is 1.42. The van der Waals surface area contributed by atoms with E-state index in [-0.39, 0.29) is 0 Å². The molecular weight excluding hydrogens is 162 g/mol. The van der Waals surface area contributed by atoms with Crippen molar-refractivity contribution in [1.29, 1.82) is 0 Å². The van der Waals surface area contributed by atoms with Gasteiger partial charge in [0.15, 0.2) is 0 Å². The smallest absolute Gasteiger partial charge is 0.123 e. The number of benzene rings is 1. The van der Waals surface area contributed by atoms with Crippen LogP contribution in [0, 0.1) is 0 Å². The summed E-state index contributed by atoms with van der Waals surface area (Å²) < 4.78 is 0. The molecule has 1 unspecified atom stereocenters. The Morgan fingerprint density at radius 2 is 2.31 bits per heavy atom. The van der Waals surface area contributed by atoms with Gasteiger partial charge < -0.3 is 10.4 Å². The number of para-hydroxylation sites is 1. The summed E-state index contributed by atoms with van der Waals surface area (Å²) >= 11 is 0. The molecular formula is C11H15NO. The molecule has 0 bridgehead atoms. The SMILES string of the molecule is CCc1cccc(C2CCN2)c1O. The summed E-state index contributed by atoms with van der Waals surface area (Å²) in [5, 5.41) is 13.2. The van der Waals surface area contributed by atoms with E-state index in [1.54, 1.807) is 0 Å². The molecule has 1 saturated heterocycles. The number of hydrogen-bond acceptors (Lipinski definition) is 2. The average Bonchev–Trinajstić information content (AvgIpc) is 2.05. The van der Waals surface area contributed by atoms with Crippen molar-refractivity contribution in [2.24, 2.45) is 0 Å². The Bertz CT molecular complexity index is 305. The minimum atomic E-state index is 0.381. The van der Waals surface area contributed by atoms with Gasteiger partial charge in [-0.3, -0.25) is 0 Å². The number of rotatable bonds is 2. The lowest BCUT2D eigenvalue weighted by molar-refractivity contribution is 0.363. The van der Waals surface area contributed by atoms with E-state index in [0.717, 1.165) is 30.5 Å². The van der Waals surface area contributed by atoms with Gasteiger partial charge in [0.1, 0.15) is 5.75 Å². The zero-order valence-electron chi connectivity index (χ0n) is 7.88. The average molecular weight is 177 g/mol. The van der Waals surface area contributed by atoms with Crippen molar-refractivity contribution < 1.29 is 5.11 Å². The molecule has 2 rings (SSSR count). The highest BCUT2D eigenvalue weighted by molar-refractivity contribution is 5.42. The van der Waals surface area contributed by atoms with Crippen molar-refractivity contribution in [2.45, 2.75) is 25.8 Å². The van der Waals surface area contributed by atoms with Crippen LogP contribution >= 0.6 is 0 Å². The van der Waals surface area contributed by atoms with Crippen molar-refractivity contribution in [3.8, 4) is 5.75 Å². The van der Waals surface area contributed by atoms with Crippen molar-refractivity contribution in [3.63, 3.8) is 0 Å². The fourth-order valence-corrected chi connectivity index (χ4v) is 1.73. The van der Waals surface area contributed by atoms with Gasteiger partial charge in [-0.1, -0.05) is 25.1 Å². The van der Waals surface area contributed by atoms with Crippen molar-refractivity contribution in [2.75, 3.05) is 6.54 Å². The Labute approximate surface area is 78.6 Å². The molecule has 0 radical (unpaired) electrons. The van der Waals surface area contributed by atoms with Crippen LogP contribution in [0.4, 0.5) is 0 Å². The summed E-state index contributed by atoms with van der Waals surface area (Å²) in [5.41, 5.74) is 2.11. The number of phenolic OH excluding ortho intramolecular Hbond substituents is 1. The van der Waals surface area contributed by atoms with Crippen LogP contribution in [0.3, 0.4) is 0 Å². The van der Waals surface area contributed by atoms with Crippen LogP contribution < -0.4 is 5.32 Å². The monoisotopic (exact) mass is 177 g/mol. The van der Waals surface area contributed by atoms with E-state index in [1.165, 1.54) is 0 Å². The van der Waals surface area contributed by atoms with E-state index in [9.17, 15) is 5.11 Å². The summed E-state index contributed by atoms with van der Waals surface area (Å²) in [6.07, 6.45) is 2.03. The van der Waals surface area contributed by atoms with Crippen LogP contribution in [-0.4, -0.2) is 11.7 Å². The molecule has 2 N–H and O–H groups in total. The first-order valence-electron chi connectivity index (χ1n) is 4.87. The zero-order valence-corrected chi connectivity index (χ0v) is 7.88. The van der Waals surface area contributed by atoms with Crippen molar-refractivity contribution in [3.05, 3.63) is 29.3 Å². The molecule has 1 heterocycles. The molecule has 1 aromatic rings. The van der Waals surface area contributed by atoms with Gasteiger partial charge in [-0.25, -0.2) is 0 Å². The molecule has 1 aromatic carbocycles. The first-order valence-corrected chi connectivity index (χ1v) is 4.87. The van der Waals surface area contributed by atoms with Gasteiger partial charge in [0.25, 0.3) is 0 Å². The largest absolute Gasteiger partial charge is 0.507 e. The van der Waals surface area contributed by atoms with Crippen molar-refractivity contribution in [1.82, 2.24) is 5.32 Å². The first-order chi connectivity index (χ1) is 6.33. The first kappa shape index (κ1) is 8.57. The third-order valence-electron chi connectivity index (χ3n) is 2.73. The molecule has 1 aliphatic heterocycles. The predicted octanol–water partition coefficient (Wildman–Crippen LogP) is 1.99. The summed E-state index contributed by atoms with van der Waals surface area (Å²) in [4.78, 5) is 0. The number of phenols is 1. The standard InChI is InChI=1S/C11H15NO/c1-2-8-4-3-5-9(11(8)13)10-6-7-12-10/h3-5,10,12-13H,2,6-7H2,1H3. The maximum Gasteiger partial charge on any atom is 0.123 e. The second-order valence-electron chi connectivity index (χ2n) is 3.50. The summed E-state index contributed by atoms with van der Waals surface area (Å²) in [7, 11) is 0. The minimum absolute atomic E-state index is 0.381. The summed E-state index contributed by atoms with van der Waals surface area (Å²) in [6.45, 7) is 3.13. The molecule has 2 nitrogen and oxygen atoms in total. The fraction of sp³-hybridized carbons (Fsp3) is 0.455. The fourth-order valence-electron chi connectivity index (χ4n) is 1.73. The van der Waals surface area contributed by atoms with E-state index >= 15 is 0 Å². The second kappa shape index (κ2) is 3.38. The lowest BCUT2D eigenvalue weighted by atomic mass is 9.94. The van der Waals surface area contributed by atoms with E-state index < -0.39 is 0 Å². The van der Waals surface area contributed by atoms with Crippen LogP contribution in [0.1, 0.15) is 30.5 Å². The van der Waals surface area contributed by atoms with Crippen LogP contribution in [0.2, 0.25) is 0 Å². The van der Waals surface area contributed by atoms with Gasteiger partial charge in [0, 0.05) is 11.6 Å². The van der Waals surface area contributed by atoms with E-state index in [1.807, 2.05) is 18.2 Å². The molecule has 0 spiro atoms. The molecule has 1 aliphatic rings. The number of hydrogen-bond donors (Lipinski definition) is 2. The molecule has 1 atom stereocenters. The maximum atomic E-state index is 9.88. The highest BCUT2D eigenvalue weighted by Gasteiger charge is 2.21. The molecule has 2 heteroatoms. The predicted molar refractivity (Wildman–Crippen MR) is 52.8 cm³/mol. The molecule has 1 fully saturated rings. The number of nitrogens with one attached hydrogen (secondary N) is 1. The Hall–Kier alpha value is -1.02. The van der Waals surface area contributed by atoms with Gasteiger partial charge in [0.2, 0.25) is 0 Å². The van der Waals surface area contributed by atoms with E-state index in [4.69, 9.17) is 0 Å². The van der Waals surface area contributed by atoms with E-state index in [0.29, 0.717) is 11.8 Å². The third-order valence-corrected chi connectivity index (χ3v) is 2.73. The second-order valence-corrected chi connectivity index (χ2v) is 3.50. The van der Waals surface area contributed by atoms with E-state index in [2.05, 4.69) is 12.2 Å². The summed E-state index contributed by atoms with van der Waals surface area (Å²) in [6, 6.07) is 6.39. The van der Waals surface area contributed by atoms with Crippen LogP contribution in [0.25, 0.3) is 0 Å². The van der Waals surface area contributed by atoms with Crippen LogP contribution in [0.15, 0.2) is 18.2 Å². The molecule has 13 heavy (non-hydrogen) atoms. The highest BCUT2D eigenvalue weighted by atomic mass is 16.3. The molecule has 0 aliphatic carbocycles. The number of aryl methyl sites for hydroxylation is 1. The van der Waals surface area contributed by atoms with Gasteiger partial charge in [0.05, 0.1) is 0 Å². The zero-order chi connectivity index (χ0) is 9.26. The Kier molecular flexibility index (Phi) is 2.23. The molecule has 0 amide bonds. The Morgan fingerprint density at radius 3 is 2.85 bits per heavy atom. The Morgan fingerprint density at radius 1 is 1.54 bits per heavy atom. The quantitative estimate of drug-likeness (QED) is 0.724. The molecule has 0 saturated carbocycles. The molecule has 70 valence electrons. The van der Waals surface area contributed by atoms with Gasteiger partial charge in [-0.2, -0.15) is 0 Å². The van der Waals surface area contributed by atoms with Crippen molar-refractivity contribution >= 4 is 0 Å². The Balaban J connectivity index is 2.33. The lowest BCUT2D eigenvalue weighted by Gasteiger charge is -2.29. The van der Waals surface area contributed by atoms with Gasteiger partial charge in [-0.05, 0) is 24.9 Å². The minimum Gasteiger partial charge on any atom is -0.507 e. The van der Waals surface area contributed by atoms with Crippen LogP contribution in [0.5, 0.6) is 5.75 Å². The topological polar surface area (TPSA) is 32.3 Å². The normalized spacial score (nSPS) is 21.2. The van der Waals surface area contributed by atoms with Crippen LogP contribution in [-0.2, 0) is 6.42 Å². The van der Waals surface area contributed by atoms with Gasteiger partial charge in [-0.15, -0.1) is 0 Å². The summed E-state index contributed by atoms with van der Waals surface area (Å²) in [5.74, 6) is 0.488. The molecule has 0 aromatic heterocycles. The highest BCUT2D eigenvalue weighted by Crippen LogP contribution is 2.32. The van der Waals surface area contributed by atoms with Gasteiger partial charge >= 0.3 is 0 Å². The number of aromatic hydroxyl groups is 1.